The summed E-state index contributed by atoms with van der Waals surface area (Å²) in [6.45, 7) is 6.71. The van der Waals surface area contributed by atoms with Crippen molar-refractivity contribution >= 4 is 5.91 Å². The lowest BCUT2D eigenvalue weighted by atomic mass is 9.98. The summed E-state index contributed by atoms with van der Waals surface area (Å²) in [7, 11) is 1.76. The summed E-state index contributed by atoms with van der Waals surface area (Å²) in [6.07, 6.45) is 1.05. The molecule has 1 aliphatic heterocycles. The van der Waals surface area contributed by atoms with E-state index in [-0.39, 0.29) is 18.6 Å². The minimum absolute atomic E-state index is 0.0175. The van der Waals surface area contributed by atoms with Gasteiger partial charge in [0.2, 0.25) is 5.91 Å². The second-order valence-corrected chi connectivity index (χ2v) is 5.07. The van der Waals surface area contributed by atoms with Gasteiger partial charge in [0, 0.05) is 7.05 Å². The van der Waals surface area contributed by atoms with Gasteiger partial charge in [0.15, 0.2) is 0 Å². The minimum atomic E-state index is -0.485. The maximum absolute atomic E-state index is 12.1. The Bertz CT molecular complexity index is 241. The Kier molecular flexibility index (Phi) is 3.73. The van der Waals surface area contributed by atoms with Gasteiger partial charge in [-0.2, -0.15) is 0 Å². The van der Waals surface area contributed by atoms with E-state index in [9.17, 15) is 9.90 Å². The van der Waals surface area contributed by atoms with E-state index in [1.54, 1.807) is 11.9 Å². The maximum atomic E-state index is 12.1. The van der Waals surface area contributed by atoms with Crippen LogP contribution >= 0.6 is 0 Å². The Labute approximate surface area is 91.6 Å². The lowest BCUT2D eigenvalue weighted by molar-refractivity contribution is -0.138. The van der Waals surface area contributed by atoms with E-state index in [0.29, 0.717) is 5.92 Å². The molecule has 1 amide bonds. The second-order valence-electron chi connectivity index (χ2n) is 5.07. The summed E-state index contributed by atoms with van der Waals surface area (Å²) >= 11 is 0. The van der Waals surface area contributed by atoms with Crippen molar-refractivity contribution in [1.29, 1.82) is 0 Å². The highest BCUT2D eigenvalue weighted by Gasteiger charge is 2.36. The molecule has 15 heavy (non-hydrogen) atoms. The molecule has 2 atom stereocenters. The van der Waals surface area contributed by atoms with Crippen LogP contribution in [0.4, 0.5) is 0 Å². The standard InChI is InChI=1S/C11H22N2O2/c1-8-5-6-12-9(8)10(15)13(4)11(2,3)7-14/h8-9,12,14H,5-7H2,1-4H3. The smallest absolute Gasteiger partial charge is 0.240 e. The number of carbonyl (C=O) groups is 1. The molecule has 2 unspecified atom stereocenters. The molecular formula is C11H22N2O2. The zero-order chi connectivity index (χ0) is 11.6. The average Bonchev–Trinajstić information content (AvgIpc) is 2.62. The van der Waals surface area contributed by atoms with Crippen LogP contribution in [0.15, 0.2) is 0 Å². The number of nitrogens with zero attached hydrogens (tertiary/aromatic N) is 1. The van der Waals surface area contributed by atoms with Gasteiger partial charge in [0.1, 0.15) is 0 Å². The van der Waals surface area contributed by atoms with Crippen molar-refractivity contribution < 1.29 is 9.90 Å². The van der Waals surface area contributed by atoms with E-state index < -0.39 is 5.54 Å². The molecular weight excluding hydrogens is 192 g/mol. The summed E-state index contributed by atoms with van der Waals surface area (Å²) in [5.74, 6) is 0.466. The molecule has 0 bridgehead atoms. The van der Waals surface area contributed by atoms with Crippen LogP contribution in [0.1, 0.15) is 27.2 Å². The molecule has 0 radical (unpaired) electrons. The Morgan fingerprint density at radius 3 is 2.60 bits per heavy atom. The molecule has 1 heterocycles. The Morgan fingerprint density at radius 2 is 2.20 bits per heavy atom. The number of carbonyl (C=O) groups excluding carboxylic acids is 1. The van der Waals surface area contributed by atoms with Gasteiger partial charge in [-0.3, -0.25) is 4.79 Å². The van der Waals surface area contributed by atoms with E-state index in [2.05, 4.69) is 12.2 Å². The van der Waals surface area contributed by atoms with Crippen LogP contribution in [0.25, 0.3) is 0 Å². The predicted octanol–water partition coefficient (Wildman–Crippen LogP) is 0.214. The van der Waals surface area contributed by atoms with E-state index in [1.807, 2.05) is 13.8 Å². The van der Waals surface area contributed by atoms with Crippen molar-refractivity contribution in [3.63, 3.8) is 0 Å². The number of hydrogen-bond donors (Lipinski definition) is 2. The maximum Gasteiger partial charge on any atom is 0.240 e. The van der Waals surface area contributed by atoms with E-state index >= 15 is 0 Å². The molecule has 88 valence electrons. The number of nitrogens with one attached hydrogen (secondary N) is 1. The van der Waals surface area contributed by atoms with Crippen LogP contribution in [-0.4, -0.2) is 47.7 Å². The molecule has 0 saturated carbocycles. The molecule has 1 aliphatic rings. The van der Waals surface area contributed by atoms with Gasteiger partial charge in [-0.05, 0) is 32.7 Å². The zero-order valence-electron chi connectivity index (χ0n) is 10.1. The fourth-order valence-corrected chi connectivity index (χ4v) is 1.78. The lowest BCUT2D eigenvalue weighted by Gasteiger charge is -2.36. The quantitative estimate of drug-likeness (QED) is 0.706. The largest absolute Gasteiger partial charge is 0.394 e. The van der Waals surface area contributed by atoms with Crippen molar-refractivity contribution in [1.82, 2.24) is 10.2 Å². The summed E-state index contributed by atoms with van der Waals surface area (Å²) < 4.78 is 0. The average molecular weight is 214 g/mol. The Morgan fingerprint density at radius 1 is 1.60 bits per heavy atom. The van der Waals surface area contributed by atoms with E-state index in [4.69, 9.17) is 0 Å². The third-order valence-corrected chi connectivity index (χ3v) is 3.42. The van der Waals surface area contributed by atoms with Crippen LogP contribution in [0, 0.1) is 5.92 Å². The van der Waals surface area contributed by atoms with Crippen LogP contribution < -0.4 is 5.32 Å². The summed E-state index contributed by atoms with van der Waals surface area (Å²) in [6, 6.07) is -0.0826. The number of hydrogen-bond acceptors (Lipinski definition) is 3. The first kappa shape index (κ1) is 12.5. The molecule has 0 spiro atoms. The molecule has 1 fully saturated rings. The fraction of sp³-hybridized carbons (Fsp3) is 0.909. The van der Waals surface area contributed by atoms with Crippen LogP contribution in [0.5, 0.6) is 0 Å². The van der Waals surface area contributed by atoms with Crippen molar-refractivity contribution in [2.24, 2.45) is 5.92 Å². The molecule has 0 aromatic heterocycles. The second kappa shape index (κ2) is 4.49. The highest BCUT2D eigenvalue weighted by Crippen LogP contribution is 2.20. The van der Waals surface area contributed by atoms with Crippen LogP contribution in [0.2, 0.25) is 0 Å². The molecule has 0 aromatic rings. The molecule has 4 nitrogen and oxygen atoms in total. The van der Waals surface area contributed by atoms with Crippen LogP contribution in [0.3, 0.4) is 0 Å². The first-order chi connectivity index (χ1) is 6.90. The number of amides is 1. The molecule has 4 heteroatoms. The van der Waals surface area contributed by atoms with Gasteiger partial charge in [0.05, 0.1) is 18.2 Å². The highest BCUT2D eigenvalue weighted by molar-refractivity contribution is 5.83. The highest BCUT2D eigenvalue weighted by atomic mass is 16.3. The molecule has 1 saturated heterocycles. The summed E-state index contributed by atoms with van der Waals surface area (Å²) in [4.78, 5) is 13.8. The van der Waals surface area contributed by atoms with Crippen molar-refractivity contribution in [2.75, 3.05) is 20.2 Å². The van der Waals surface area contributed by atoms with Crippen LogP contribution in [-0.2, 0) is 4.79 Å². The van der Waals surface area contributed by atoms with Gasteiger partial charge in [-0.1, -0.05) is 6.92 Å². The predicted molar refractivity (Wildman–Crippen MR) is 59.5 cm³/mol. The van der Waals surface area contributed by atoms with Gasteiger partial charge in [0.25, 0.3) is 0 Å². The lowest BCUT2D eigenvalue weighted by Crippen LogP contribution is -2.54. The fourth-order valence-electron chi connectivity index (χ4n) is 1.78. The third kappa shape index (κ3) is 2.49. The monoisotopic (exact) mass is 214 g/mol. The number of likely N-dealkylation sites (N-methyl/N-ethyl adjacent to an activating group) is 1. The van der Waals surface area contributed by atoms with Crippen molar-refractivity contribution in [2.45, 2.75) is 38.8 Å². The number of aliphatic hydroxyl groups is 1. The van der Waals surface area contributed by atoms with Gasteiger partial charge >= 0.3 is 0 Å². The molecule has 1 rings (SSSR count). The third-order valence-electron chi connectivity index (χ3n) is 3.42. The Balaban J connectivity index is 2.67. The number of aliphatic hydroxyl groups excluding tert-OH is 1. The van der Waals surface area contributed by atoms with Crippen molar-refractivity contribution in [3.8, 4) is 0 Å². The molecule has 0 aliphatic carbocycles. The summed E-state index contributed by atoms with van der Waals surface area (Å²) in [5.41, 5.74) is -0.485. The Hall–Kier alpha value is -0.610. The number of rotatable bonds is 3. The first-order valence-electron chi connectivity index (χ1n) is 5.52. The zero-order valence-corrected chi connectivity index (χ0v) is 10.1. The molecule has 2 N–H and O–H groups in total. The van der Waals surface area contributed by atoms with Gasteiger partial charge < -0.3 is 15.3 Å². The van der Waals surface area contributed by atoms with E-state index in [1.165, 1.54) is 0 Å². The van der Waals surface area contributed by atoms with Crippen molar-refractivity contribution in [3.05, 3.63) is 0 Å². The normalized spacial score (nSPS) is 26.7. The first-order valence-corrected chi connectivity index (χ1v) is 5.52. The molecule has 0 aromatic carbocycles. The topological polar surface area (TPSA) is 52.6 Å². The minimum Gasteiger partial charge on any atom is -0.394 e. The van der Waals surface area contributed by atoms with Gasteiger partial charge in [-0.15, -0.1) is 0 Å². The SMILES string of the molecule is CC1CCNC1C(=O)N(C)C(C)(C)CO. The van der Waals surface area contributed by atoms with Gasteiger partial charge in [-0.25, -0.2) is 0 Å². The summed E-state index contributed by atoms with van der Waals surface area (Å²) in [5, 5.41) is 12.4. The van der Waals surface area contributed by atoms with E-state index in [0.717, 1.165) is 13.0 Å².